The van der Waals surface area contributed by atoms with Gasteiger partial charge in [-0.3, -0.25) is 0 Å². The normalized spacial score (nSPS) is 0. The molecule has 0 atom stereocenters. The van der Waals surface area contributed by atoms with E-state index in [0.29, 0.717) is 0 Å². The number of nitrogens with zero attached hydrogens (tertiary/aromatic N) is 5. The number of rotatable bonds is 0. The van der Waals surface area contributed by atoms with Crippen molar-refractivity contribution in [3.8, 4) is 0 Å². The van der Waals surface area contributed by atoms with Crippen LogP contribution in [0.25, 0.3) is 30.8 Å². The minimum atomic E-state index is 0. The Labute approximate surface area is 183 Å². The molecule has 0 aromatic heterocycles. The van der Waals surface area contributed by atoms with E-state index < -0.39 is 0 Å². The zero-order valence-electron chi connectivity index (χ0n) is 5.37. The first-order chi connectivity index (χ1) is 0. The minimum absolute atomic E-state index is 0. The summed E-state index contributed by atoms with van der Waals surface area (Å²) in [6.45, 7) is 0. The summed E-state index contributed by atoms with van der Waals surface area (Å²) < 4.78 is 0. The topological polar surface area (TPSA) is 152 Å². The van der Waals surface area contributed by atoms with E-state index in [9.17, 15) is 0 Å². The molecular formula is N5Ta7+5. The molecule has 0 bridgehead atoms. The second-order valence-corrected chi connectivity index (χ2v) is 0. The molecule has 0 N–H and O–H groups in total. The van der Waals surface area contributed by atoms with Crippen molar-refractivity contribution < 1.29 is 157 Å². The van der Waals surface area contributed by atoms with E-state index in [0.717, 1.165) is 0 Å². The second-order valence-electron chi connectivity index (χ2n) is 0. The molecule has 12 heteroatoms. The Kier molecular flexibility index (Phi) is 2110. The van der Waals surface area contributed by atoms with Gasteiger partial charge in [-0.15, -0.1) is 0 Å². The zero-order chi connectivity index (χ0) is 0. The van der Waals surface area contributed by atoms with Gasteiger partial charge in [0.2, 0.25) is 0 Å². The zero-order valence-corrected chi connectivity index (χ0v) is 27.9. The maximum absolute atomic E-state index is 0. The maximum Gasteiger partial charge on any atom is 5.00 e. The van der Waals surface area contributed by atoms with Crippen molar-refractivity contribution in [1.82, 2.24) is 0 Å². The Morgan fingerprint density at radius 3 is 0.250 bits per heavy atom. The molecule has 0 spiro atoms. The molecule has 0 rings (SSSR count). The maximum atomic E-state index is 0. The summed E-state index contributed by atoms with van der Waals surface area (Å²) in [5.74, 6) is 0. The molecule has 0 aliphatic rings. The molecule has 0 fully saturated rings. The summed E-state index contributed by atoms with van der Waals surface area (Å²) >= 11 is 0. The summed E-state index contributed by atoms with van der Waals surface area (Å²) in [5, 5.41) is 0. The van der Waals surface area contributed by atoms with Crippen molar-refractivity contribution in [3.05, 3.63) is 30.8 Å². The third-order valence-corrected chi connectivity index (χ3v) is 0. The Morgan fingerprint density at radius 1 is 0.250 bits per heavy atom. The van der Waals surface area contributed by atoms with E-state index in [2.05, 4.69) is 0 Å². The fraction of sp³-hybridized carbons (Fsp3) is 0. The average molecular weight is 1340 g/mol. The van der Waals surface area contributed by atoms with Gasteiger partial charge in [-0.2, -0.15) is 0 Å². The quantitative estimate of drug-likeness (QED) is 0.345. The molecule has 3 radical (unpaired) electrons. The SMILES string of the molecule is [N-3].[N-3].[N-3].[N-3].[N-3].[Ta+5].[Ta+5].[Ta+5].[Ta+5].[Ta].[Ta].[Ta]. The summed E-state index contributed by atoms with van der Waals surface area (Å²) in [5.41, 5.74) is 0. The Hall–Kier alpha value is 4.98. The molecular weight excluding hydrogens is 1340 g/mol. The van der Waals surface area contributed by atoms with Crippen LogP contribution in [0.4, 0.5) is 0 Å². The van der Waals surface area contributed by atoms with Crippen molar-refractivity contribution in [2.75, 3.05) is 0 Å². The Morgan fingerprint density at radius 2 is 0.250 bits per heavy atom. The molecule has 0 aromatic carbocycles. The van der Waals surface area contributed by atoms with E-state index in [1.165, 1.54) is 0 Å². The molecule has 0 unspecified atom stereocenters. The van der Waals surface area contributed by atoms with Crippen LogP contribution in [0.1, 0.15) is 0 Å². The van der Waals surface area contributed by atoms with Crippen LogP contribution in [0.3, 0.4) is 0 Å². The average Bonchev–Trinajstić information content (AvgIpc) is 0. The van der Waals surface area contributed by atoms with Gasteiger partial charge >= 0.3 is 89.5 Å². The molecule has 0 aliphatic heterocycles. The van der Waals surface area contributed by atoms with Crippen LogP contribution < -0.4 is 0 Å². The minimum Gasteiger partial charge on any atom is -3.00 e. The van der Waals surface area contributed by atoms with Gasteiger partial charge in [0, 0.05) is 67.1 Å². The van der Waals surface area contributed by atoms with Crippen molar-refractivity contribution in [2.24, 2.45) is 0 Å². The fourth-order valence-electron chi connectivity index (χ4n) is 0. The summed E-state index contributed by atoms with van der Waals surface area (Å²) in [7, 11) is 0. The predicted molar refractivity (Wildman–Crippen MR) is 16.8 cm³/mol. The van der Waals surface area contributed by atoms with Crippen LogP contribution in [-0.2, 0) is 157 Å². The van der Waals surface area contributed by atoms with E-state index >= 15 is 0 Å². The molecule has 5 nitrogen and oxygen atoms in total. The van der Waals surface area contributed by atoms with Crippen molar-refractivity contribution >= 4 is 0 Å². The van der Waals surface area contributed by atoms with Gasteiger partial charge in [0.05, 0.1) is 0 Å². The number of hydrogen-bond donors (Lipinski definition) is 0. The van der Waals surface area contributed by atoms with Crippen molar-refractivity contribution in [1.29, 1.82) is 0 Å². The largest absolute Gasteiger partial charge is 5.00 e. The van der Waals surface area contributed by atoms with E-state index in [1.54, 1.807) is 0 Å². The van der Waals surface area contributed by atoms with Crippen LogP contribution in [0, 0.1) is 0 Å². The summed E-state index contributed by atoms with van der Waals surface area (Å²) in [6, 6.07) is 0. The van der Waals surface area contributed by atoms with Gasteiger partial charge < -0.3 is 30.8 Å². The smallest absolute Gasteiger partial charge is 3.00 e. The van der Waals surface area contributed by atoms with Gasteiger partial charge in [-0.05, 0) is 0 Å². The molecule has 55 valence electrons. The van der Waals surface area contributed by atoms with Gasteiger partial charge in [-0.25, -0.2) is 0 Å². The van der Waals surface area contributed by atoms with Gasteiger partial charge in [0.25, 0.3) is 0 Å². The van der Waals surface area contributed by atoms with Gasteiger partial charge in [0.1, 0.15) is 0 Å². The fourth-order valence-corrected chi connectivity index (χ4v) is 0. The molecule has 0 saturated carbocycles. The monoisotopic (exact) mass is 1340 g/mol. The Balaban J connectivity index is 0. The van der Waals surface area contributed by atoms with Crippen LogP contribution in [0.2, 0.25) is 0 Å². The molecule has 0 heterocycles. The van der Waals surface area contributed by atoms with Crippen LogP contribution in [0.15, 0.2) is 0 Å². The Bertz CT molecular complexity index is 11.8. The van der Waals surface area contributed by atoms with Gasteiger partial charge in [0.15, 0.2) is 0 Å². The molecule has 0 saturated heterocycles. The molecule has 0 aromatic rings. The molecule has 0 amide bonds. The standard InChI is InChI=1S/5N.7Ta/q5*-3;;;;4*+5. The number of hydrogen-bond acceptors (Lipinski definition) is 0. The van der Waals surface area contributed by atoms with Crippen LogP contribution in [0.5, 0.6) is 0 Å². The van der Waals surface area contributed by atoms with Crippen LogP contribution >= 0.6 is 0 Å². The molecule has 12 heavy (non-hydrogen) atoms. The van der Waals surface area contributed by atoms with Crippen LogP contribution in [-0.4, -0.2) is 0 Å². The first kappa shape index (κ1) is 175. The molecule has 0 aliphatic carbocycles. The predicted octanol–water partition coefficient (Wildman–Crippen LogP) is 1.43. The summed E-state index contributed by atoms with van der Waals surface area (Å²) in [6.07, 6.45) is 0. The van der Waals surface area contributed by atoms with E-state index in [1.807, 2.05) is 0 Å². The van der Waals surface area contributed by atoms with Crippen molar-refractivity contribution in [2.45, 2.75) is 0 Å². The summed E-state index contributed by atoms with van der Waals surface area (Å²) in [4.78, 5) is 0. The third kappa shape index (κ3) is 118. The van der Waals surface area contributed by atoms with E-state index in [4.69, 9.17) is 0 Å². The first-order valence-corrected chi connectivity index (χ1v) is 0. The van der Waals surface area contributed by atoms with Crippen molar-refractivity contribution in [3.63, 3.8) is 0 Å². The van der Waals surface area contributed by atoms with Gasteiger partial charge in [-0.1, -0.05) is 0 Å². The second kappa shape index (κ2) is 145. The van der Waals surface area contributed by atoms with E-state index in [-0.39, 0.29) is 187 Å². The first-order valence-electron chi connectivity index (χ1n) is 0. The third-order valence-electron chi connectivity index (χ3n) is 0.